The average molecular weight is 1210 g/mol. The number of benzene rings is 12. The van der Waals surface area contributed by atoms with E-state index in [1.54, 1.807) is 0 Å². The fourth-order valence-electron chi connectivity index (χ4n) is 13.0. The summed E-state index contributed by atoms with van der Waals surface area (Å²) in [6.45, 7) is 4.11. The Morgan fingerprint density at radius 1 is 0.280 bits per heavy atom. The van der Waals surface area contributed by atoms with E-state index >= 15 is 17.6 Å². The highest BCUT2D eigenvalue weighted by molar-refractivity contribution is 6.12. The SMILES string of the molecule is Cc1ccc2c(c1)c1cc(Cc3cc(-c4nc(-c5ccccc5)nc(-c5ccccc5)n4)cc(-n4c5ccccc5c5cc(C)ccc54)c3-c3cc(F)cc(F)c3)ccc1n2-c1cc(-c2nc(-c3ccccc3)nc(-c3ccccc3)n2)ccc1-c1cc(F)cc(F)c1. The van der Waals surface area contributed by atoms with Gasteiger partial charge in [0.05, 0.1) is 33.4 Å². The molecule has 0 amide bonds. The van der Waals surface area contributed by atoms with Crippen molar-refractivity contribution >= 4 is 43.6 Å². The Morgan fingerprint density at radius 3 is 1.17 bits per heavy atom. The Bertz CT molecular complexity index is 5460. The first-order valence-electron chi connectivity index (χ1n) is 30.5. The minimum Gasteiger partial charge on any atom is -0.309 e. The summed E-state index contributed by atoms with van der Waals surface area (Å²) in [6.07, 6.45) is 0.261. The summed E-state index contributed by atoms with van der Waals surface area (Å²) >= 11 is 0. The molecule has 0 bridgehead atoms. The maximum absolute atomic E-state index is 16.1. The Labute approximate surface area is 532 Å². The van der Waals surface area contributed by atoms with Gasteiger partial charge in [0, 0.05) is 78.2 Å². The van der Waals surface area contributed by atoms with Gasteiger partial charge in [-0.25, -0.2) is 47.5 Å². The van der Waals surface area contributed by atoms with Gasteiger partial charge >= 0.3 is 0 Å². The van der Waals surface area contributed by atoms with Crippen LogP contribution in [0.5, 0.6) is 0 Å². The molecule has 0 unspecified atom stereocenters. The maximum atomic E-state index is 16.1. The number of aromatic nitrogens is 8. The summed E-state index contributed by atoms with van der Waals surface area (Å²) < 4.78 is 67.6. The summed E-state index contributed by atoms with van der Waals surface area (Å²) in [5.74, 6) is -0.179. The van der Waals surface area contributed by atoms with Crippen molar-refractivity contribution in [1.29, 1.82) is 0 Å². The smallest absolute Gasteiger partial charge is 0.164 e. The first kappa shape index (κ1) is 56.2. The van der Waals surface area contributed by atoms with Crippen LogP contribution in [-0.4, -0.2) is 39.0 Å². The Hall–Kier alpha value is -12.0. The molecule has 0 fully saturated rings. The molecule has 12 heteroatoms. The molecule has 4 heterocycles. The second-order valence-corrected chi connectivity index (χ2v) is 23.4. The van der Waals surface area contributed by atoms with Crippen LogP contribution in [0.15, 0.2) is 267 Å². The van der Waals surface area contributed by atoms with Crippen molar-refractivity contribution < 1.29 is 17.6 Å². The van der Waals surface area contributed by atoms with Crippen molar-refractivity contribution in [3.05, 3.63) is 312 Å². The highest BCUT2D eigenvalue weighted by Gasteiger charge is 2.26. The van der Waals surface area contributed by atoms with Gasteiger partial charge in [-0.2, -0.15) is 0 Å². The third-order valence-corrected chi connectivity index (χ3v) is 17.1. The van der Waals surface area contributed by atoms with Gasteiger partial charge in [0.2, 0.25) is 0 Å². The first-order valence-corrected chi connectivity index (χ1v) is 30.5. The topological polar surface area (TPSA) is 87.2 Å². The van der Waals surface area contributed by atoms with E-state index in [1.165, 1.54) is 24.3 Å². The number of halogens is 4. The molecule has 0 aliphatic heterocycles. The predicted octanol–water partition coefficient (Wildman–Crippen LogP) is 20.4. The number of hydrogen-bond donors (Lipinski definition) is 0. The van der Waals surface area contributed by atoms with Crippen LogP contribution in [0, 0.1) is 37.1 Å². The Balaban J connectivity index is 0.943. The Morgan fingerprint density at radius 2 is 0.667 bits per heavy atom. The van der Waals surface area contributed by atoms with Gasteiger partial charge in [0.15, 0.2) is 34.9 Å². The lowest BCUT2D eigenvalue weighted by Gasteiger charge is -2.21. The zero-order valence-corrected chi connectivity index (χ0v) is 50.2. The molecule has 16 aromatic rings. The van der Waals surface area contributed by atoms with Crippen LogP contribution in [0.2, 0.25) is 0 Å². The van der Waals surface area contributed by atoms with Crippen molar-refractivity contribution in [2.45, 2.75) is 20.3 Å². The van der Waals surface area contributed by atoms with E-state index in [0.717, 1.165) is 100 Å². The summed E-state index contributed by atoms with van der Waals surface area (Å²) in [5.41, 5.74) is 14.7. The fourth-order valence-corrected chi connectivity index (χ4v) is 13.0. The van der Waals surface area contributed by atoms with Gasteiger partial charge in [-0.15, -0.1) is 0 Å². The highest BCUT2D eigenvalue weighted by Crippen LogP contribution is 2.44. The lowest BCUT2D eigenvalue weighted by Crippen LogP contribution is -2.06. The van der Waals surface area contributed by atoms with Gasteiger partial charge in [-0.05, 0) is 127 Å². The first-order chi connectivity index (χ1) is 45.5. The van der Waals surface area contributed by atoms with Crippen molar-refractivity contribution in [2.75, 3.05) is 0 Å². The fraction of sp³-hybridized carbons (Fsp3) is 0.0370. The van der Waals surface area contributed by atoms with E-state index in [9.17, 15) is 0 Å². The van der Waals surface area contributed by atoms with E-state index in [0.29, 0.717) is 79.7 Å². The highest BCUT2D eigenvalue weighted by atomic mass is 19.1. The number of aryl methyl sites for hydroxylation is 2. The van der Waals surface area contributed by atoms with E-state index in [2.05, 4.69) is 82.8 Å². The zero-order valence-electron chi connectivity index (χ0n) is 50.2. The maximum Gasteiger partial charge on any atom is 0.164 e. The molecule has 0 N–H and O–H groups in total. The number of para-hydroxylation sites is 1. The molecule has 0 spiro atoms. The lowest BCUT2D eigenvalue weighted by atomic mass is 9.90. The monoisotopic (exact) mass is 1210 g/mol. The number of hydrogen-bond acceptors (Lipinski definition) is 6. The van der Waals surface area contributed by atoms with Gasteiger partial charge in [-0.3, -0.25) is 0 Å². The van der Waals surface area contributed by atoms with Crippen LogP contribution in [0.1, 0.15) is 22.3 Å². The largest absolute Gasteiger partial charge is 0.309 e. The van der Waals surface area contributed by atoms with Crippen LogP contribution >= 0.6 is 0 Å². The molecule has 93 heavy (non-hydrogen) atoms. The van der Waals surface area contributed by atoms with Crippen LogP contribution in [-0.2, 0) is 6.42 Å². The van der Waals surface area contributed by atoms with Crippen molar-refractivity contribution in [3.8, 4) is 102 Å². The number of rotatable bonds is 12. The van der Waals surface area contributed by atoms with E-state index < -0.39 is 23.3 Å². The minimum atomic E-state index is -0.723. The molecule has 0 radical (unpaired) electrons. The quantitative estimate of drug-likeness (QED) is 0.113. The lowest BCUT2D eigenvalue weighted by molar-refractivity contribution is 0.583. The van der Waals surface area contributed by atoms with Gasteiger partial charge in [0.1, 0.15) is 23.3 Å². The summed E-state index contributed by atoms with van der Waals surface area (Å²) in [7, 11) is 0. The van der Waals surface area contributed by atoms with Crippen molar-refractivity contribution in [3.63, 3.8) is 0 Å². The van der Waals surface area contributed by atoms with Crippen LogP contribution in [0.4, 0.5) is 17.6 Å². The normalized spacial score (nSPS) is 11.6. The third kappa shape index (κ3) is 10.5. The van der Waals surface area contributed by atoms with Crippen LogP contribution < -0.4 is 0 Å². The molecule has 12 aromatic carbocycles. The summed E-state index contributed by atoms with van der Waals surface area (Å²) in [5, 5.41) is 3.83. The standard InChI is InChI=1S/C81H52F4N8/c1-48-27-32-70-66(35-48)65-25-15-16-26-69(65)93(70)74-45-59(81-90-78(53-21-11-5-12-22-53)87-79(91-81)54-23-13-6-14-24-54)39-57(75(74)58-42-62(84)47-63(85)43-58)37-50-29-34-72-68(38-50)67-36-49(2)28-33-71(67)92(72)73-44-55(30-31-64(73)56-40-60(82)46-61(83)41-56)80-88-76(51-17-7-3-8-18-51)86-77(89-80)52-19-9-4-10-20-52/h3-36,38-47H,37H2,1-2H3. The average Bonchev–Trinajstić information content (AvgIpc) is 1.55. The summed E-state index contributed by atoms with van der Waals surface area (Å²) in [4.78, 5) is 30.7. The van der Waals surface area contributed by atoms with E-state index in [-0.39, 0.29) is 6.42 Å². The molecular formula is C81H52F4N8. The second kappa shape index (κ2) is 23.1. The van der Waals surface area contributed by atoms with E-state index in [1.807, 2.05) is 171 Å². The molecule has 16 rings (SSSR count). The molecule has 0 saturated heterocycles. The molecule has 0 atom stereocenters. The Kier molecular flexibility index (Phi) is 14.0. The second-order valence-electron chi connectivity index (χ2n) is 23.4. The molecule has 444 valence electrons. The molecule has 0 aliphatic carbocycles. The van der Waals surface area contributed by atoms with Crippen LogP contribution in [0.25, 0.3) is 146 Å². The molecule has 4 aromatic heterocycles. The van der Waals surface area contributed by atoms with Crippen LogP contribution in [0.3, 0.4) is 0 Å². The predicted molar refractivity (Wildman–Crippen MR) is 364 cm³/mol. The van der Waals surface area contributed by atoms with Gasteiger partial charge in [0.25, 0.3) is 0 Å². The molecule has 8 nitrogen and oxygen atoms in total. The molecular weight excluding hydrogens is 1160 g/mol. The molecule has 0 aliphatic rings. The summed E-state index contributed by atoms with van der Waals surface area (Å²) in [6, 6.07) is 83.2. The number of fused-ring (bicyclic) bond motifs is 6. The number of nitrogens with zero attached hydrogens (tertiary/aromatic N) is 8. The van der Waals surface area contributed by atoms with Gasteiger partial charge in [-0.1, -0.05) is 181 Å². The van der Waals surface area contributed by atoms with Crippen molar-refractivity contribution in [2.24, 2.45) is 0 Å². The zero-order chi connectivity index (χ0) is 62.8. The van der Waals surface area contributed by atoms with Crippen molar-refractivity contribution in [1.82, 2.24) is 39.0 Å². The molecule has 0 saturated carbocycles. The van der Waals surface area contributed by atoms with Gasteiger partial charge < -0.3 is 9.13 Å². The van der Waals surface area contributed by atoms with E-state index in [4.69, 9.17) is 29.9 Å². The minimum absolute atomic E-state index is 0.261. The third-order valence-electron chi connectivity index (χ3n) is 17.1.